The molecule has 0 atom stereocenters. The average Bonchev–Trinajstić information content (AvgIpc) is 2.78. The van der Waals surface area contributed by atoms with Crippen LogP contribution in [0, 0.1) is 26.7 Å². The van der Waals surface area contributed by atoms with E-state index in [9.17, 15) is 13.2 Å². The van der Waals surface area contributed by atoms with Crippen LogP contribution in [0.1, 0.15) is 29.9 Å². The van der Waals surface area contributed by atoms with Crippen molar-refractivity contribution in [1.82, 2.24) is 19.9 Å². The summed E-state index contributed by atoms with van der Waals surface area (Å²) in [6, 6.07) is 9.63. The van der Waals surface area contributed by atoms with Crippen LogP contribution >= 0.6 is 0 Å². The summed E-state index contributed by atoms with van der Waals surface area (Å²) in [4.78, 5) is 31.9. The van der Waals surface area contributed by atoms with Crippen molar-refractivity contribution in [1.29, 1.82) is 0 Å². The number of carbonyl (C=O) groups is 1. The highest BCUT2D eigenvalue weighted by molar-refractivity contribution is 7.92. The van der Waals surface area contributed by atoms with E-state index in [-0.39, 0.29) is 22.7 Å². The number of aryl methyl sites for hydroxylation is 3. The molecule has 3 heterocycles. The number of aromatic nitrogens is 4. The Bertz CT molecular complexity index is 1270. The van der Waals surface area contributed by atoms with Crippen molar-refractivity contribution < 1.29 is 13.2 Å². The topological polar surface area (TPSA) is 130 Å². The summed E-state index contributed by atoms with van der Waals surface area (Å²) in [5, 5.41) is 2.89. The van der Waals surface area contributed by atoms with Gasteiger partial charge < -0.3 is 10.2 Å². The molecular weight excluding hydrogens is 454 g/mol. The lowest BCUT2D eigenvalue weighted by molar-refractivity contribution is -0.120. The largest absolute Gasteiger partial charge is 0.341 e. The third-order valence-electron chi connectivity index (χ3n) is 5.57. The number of hydrogen-bond donors (Lipinski definition) is 2. The lowest BCUT2D eigenvalue weighted by Crippen LogP contribution is -2.39. The summed E-state index contributed by atoms with van der Waals surface area (Å²) in [6.45, 7) is 7.04. The zero-order chi connectivity index (χ0) is 24.3. The van der Waals surface area contributed by atoms with Gasteiger partial charge >= 0.3 is 0 Å². The van der Waals surface area contributed by atoms with Gasteiger partial charge in [0.2, 0.25) is 17.8 Å². The molecule has 0 unspecified atom stereocenters. The van der Waals surface area contributed by atoms with Crippen molar-refractivity contribution in [2.45, 2.75) is 38.5 Å². The molecule has 1 aromatic carbocycles. The Hall–Kier alpha value is -3.60. The summed E-state index contributed by atoms with van der Waals surface area (Å²) in [6.07, 6.45) is 2.86. The quantitative estimate of drug-likeness (QED) is 0.550. The molecule has 34 heavy (non-hydrogen) atoms. The van der Waals surface area contributed by atoms with Crippen LogP contribution in [0.25, 0.3) is 0 Å². The van der Waals surface area contributed by atoms with Gasteiger partial charge in [0.25, 0.3) is 10.0 Å². The molecule has 0 saturated carbocycles. The molecule has 0 radical (unpaired) electrons. The van der Waals surface area contributed by atoms with Crippen LogP contribution in [-0.2, 0) is 14.8 Å². The van der Waals surface area contributed by atoms with E-state index in [2.05, 4.69) is 34.9 Å². The lowest BCUT2D eigenvalue weighted by atomic mass is 9.96. The van der Waals surface area contributed by atoms with E-state index in [0.29, 0.717) is 43.3 Å². The standard InChI is InChI=1S/C23H27N7O3S/c1-15-8-11-24-22(25-15)29-34(32,33)20-6-4-19(5-7-20)28-21(31)18-9-12-30(13-10-18)23-26-16(2)14-17(3)27-23/h4-8,11,14,18H,9-10,12-13H2,1-3H3,(H,28,31)(H,24,25,29). The Morgan fingerprint density at radius 1 is 0.941 bits per heavy atom. The van der Waals surface area contributed by atoms with Gasteiger partial charge in [-0.15, -0.1) is 0 Å². The molecular formula is C23H27N7O3S. The van der Waals surface area contributed by atoms with Crippen LogP contribution in [-0.4, -0.2) is 47.4 Å². The second-order valence-corrected chi connectivity index (χ2v) is 10.0. The van der Waals surface area contributed by atoms with E-state index in [4.69, 9.17) is 0 Å². The molecule has 1 aliphatic rings. The smallest absolute Gasteiger partial charge is 0.264 e. The molecule has 0 aliphatic carbocycles. The van der Waals surface area contributed by atoms with E-state index in [1.165, 1.54) is 18.3 Å². The Labute approximate surface area is 198 Å². The summed E-state index contributed by atoms with van der Waals surface area (Å²) < 4.78 is 27.5. The number of anilines is 3. The number of piperidine rings is 1. The van der Waals surface area contributed by atoms with Crippen LogP contribution in [0.2, 0.25) is 0 Å². The summed E-state index contributed by atoms with van der Waals surface area (Å²) in [5.74, 6) is 0.501. The minimum absolute atomic E-state index is 0.00921. The van der Waals surface area contributed by atoms with Crippen LogP contribution in [0.15, 0.2) is 47.5 Å². The lowest BCUT2D eigenvalue weighted by Gasteiger charge is -2.31. The maximum absolute atomic E-state index is 12.8. The molecule has 4 rings (SSSR count). The monoisotopic (exact) mass is 481 g/mol. The van der Waals surface area contributed by atoms with Gasteiger partial charge in [-0.1, -0.05) is 0 Å². The predicted molar refractivity (Wildman–Crippen MR) is 129 cm³/mol. The Balaban J connectivity index is 1.34. The minimum atomic E-state index is -3.84. The molecule has 11 heteroatoms. The van der Waals surface area contributed by atoms with Crippen LogP contribution < -0.4 is 14.9 Å². The number of benzene rings is 1. The van der Waals surface area contributed by atoms with E-state index in [1.54, 1.807) is 25.1 Å². The molecule has 10 nitrogen and oxygen atoms in total. The van der Waals surface area contributed by atoms with Gasteiger partial charge in [-0.3, -0.25) is 4.79 Å². The van der Waals surface area contributed by atoms with Gasteiger partial charge in [0.15, 0.2) is 0 Å². The third kappa shape index (κ3) is 5.66. The first-order valence-corrected chi connectivity index (χ1v) is 12.5. The van der Waals surface area contributed by atoms with Gasteiger partial charge in [0.1, 0.15) is 0 Å². The van der Waals surface area contributed by atoms with Crippen molar-refractivity contribution in [2.75, 3.05) is 28.0 Å². The molecule has 178 valence electrons. The average molecular weight is 482 g/mol. The minimum Gasteiger partial charge on any atom is -0.341 e. The third-order valence-corrected chi connectivity index (χ3v) is 6.92. The van der Waals surface area contributed by atoms with E-state index >= 15 is 0 Å². The molecule has 1 fully saturated rings. The van der Waals surface area contributed by atoms with Crippen LogP contribution in [0.3, 0.4) is 0 Å². The SMILES string of the molecule is Cc1ccnc(NS(=O)(=O)c2ccc(NC(=O)C3CCN(c4nc(C)cc(C)n4)CC3)cc2)n1. The summed E-state index contributed by atoms with van der Waals surface area (Å²) in [7, 11) is -3.84. The maximum atomic E-state index is 12.8. The molecule has 2 aromatic heterocycles. The number of amides is 1. The first kappa shape index (κ1) is 23.6. The fraction of sp³-hybridized carbons (Fsp3) is 0.348. The number of sulfonamides is 1. The molecule has 1 amide bonds. The Morgan fingerprint density at radius 2 is 1.59 bits per heavy atom. The Morgan fingerprint density at radius 3 is 2.21 bits per heavy atom. The molecule has 1 aliphatic heterocycles. The first-order valence-electron chi connectivity index (χ1n) is 11.0. The number of nitrogens with one attached hydrogen (secondary N) is 2. The normalized spacial score (nSPS) is 14.6. The highest BCUT2D eigenvalue weighted by Crippen LogP contribution is 2.23. The number of nitrogens with zero attached hydrogens (tertiary/aromatic N) is 5. The van der Waals surface area contributed by atoms with Gasteiger partial charge in [-0.05, 0) is 70.0 Å². The molecule has 1 saturated heterocycles. The number of rotatable bonds is 6. The number of carbonyl (C=O) groups excluding carboxylic acids is 1. The zero-order valence-electron chi connectivity index (χ0n) is 19.3. The van der Waals surface area contributed by atoms with Gasteiger partial charge in [0, 0.05) is 48.0 Å². The fourth-order valence-corrected chi connectivity index (χ4v) is 4.78. The predicted octanol–water partition coefficient (Wildman–Crippen LogP) is 2.85. The van der Waals surface area contributed by atoms with Crippen molar-refractivity contribution in [3.63, 3.8) is 0 Å². The summed E-state index contributed by atoms with van der Waals surface area (Å²) >= 11 is 0. The van der Waals surface area contributed by atoms with E-state index in [1.807, 2.05) is 19.9 Å². The van der Waals surface area contributed by atoms with Crippen molar-refractivity contribution >= 4 is 33.5 Å². The molecule has 2 N–H and O–H groups in total. The number of hydrogen-bond acceptors (Lipinski definition) is 8. The van der Waals surface area contributed by atoms with Gasteiger partial charge in [-0.2, -0.15) is 0 Å². The van der Waals surface area contributed by atoms with E-state index < -0.39 is 10.0 Å². The van der Waals surface area contributed by atoms with E-state index in [0.717, 1.165) is 11.4 Å². The Kier molecular flexibility index (Phi) is 6.73. The van der Waals surface area contributed by atoms with Crippen molar-refractivity contribution in [3.8, 4) is 0 Å². The second kappa shape index (κ2) is 9.72. The summed E-state index contributed by atoms with van der Waals surface area (Å²) in [5.41, 5.74) is 3.04. The van der Waals surface area contributed by atoms with Crippen molar-refractivity contribution in [2.24, 2.45) is 5.92 Å². The zero-order valence-corrected chi connectivity index (χ0v) is 20.1. The highest BCUT2D eigenvalue weighted by Gasteiger charge is 2.26. The molecule has 0 bridgehead atoms. The fourth-order valence-electron chi connectivity index (χ4n) is 3.83. The van der Waals surface area contributed by atoms with Crippen molar-refractivity contribution in [3.05, 3.63) is 59.7 Å². The second-order valence-electron chi connectivity index (χ2n) is 8.35. The first-order chi connectivity index (χ1) is 16.2. The molecule has 0 spiro atoms. The maximum Gasteiger partial charge on any atom is 0.264 e. The van der Waals surface area contributed by atoms with Crippen LogP contribution in [0.5, 0.6) is 0 Å². The molecule has 3 aromatic rings. The van der Waals surface area contributed by atoms with Crippen LogP contribution in [0.4, 0.5) is 17.6 Å². The van der Waals surface area contributed by atoms with Gasteiger partial charge in [0.05, 0.1) is 4.90 Å². The highest BCUT2D eigenvalue weighted by atomic mass is 32.2. The van der Waals surface area contributed by atoms with Gasteiger partial charge in [-0.25, -0.2) is 33.1 Å².